The third-order valence-electron chi connectivity index (χ3n) is 4.49. The maximum atomic E-state index is 11.8. The number of primary amides is 1. The second-order valence-electron chi connectivity index (χ2n) is 6.06. The summed E-state index contributed by atoms with van der Waals surface area (Å²) in [5, 5.41) is 9.83. The van der Waals surface area contributed by atoms with Gasteiger partial charge < -0.3 is 20.5 Å². The van der Waals surface area contributed by atoms with Gasteiger partial charge in [-0.15, -0.1) is 0 Å². The fourth-order valence-electron chi connectivity index (χ4n) is 3.25. The largest absolute Gasteiger partial charge is 0.508 e. The predicted octanol–water partition coefficient (Wildman–Crippen LogP) is 1.13. The summed E-state index contributed by atoms with van der Waals surface area (Å²) >= 11 is 0. The number of carbonyl (C=O) groups is 1. The number of amides is 2. The van der Waals surface area contributed by atoms with E-state index in [1.54, 1.807) is 18.2 Å². The van der Waals surface area contributed by atoms with E-state index < -0.39 is 6.03 Å². The van der Waals surface area contributed by atoms with Gasteiger partial charge in [-0.25, -0.2) is 9.78 Å². The molecule has 4 rings (SSSR count). The molecule has 1 fully saturated rings. The Morgan fingerprint density at radius 2 is 2.00 bits per heavy atom. The monoisotopic (exact) mass is 341 g/mol. The van der Waals surface area contributed by atoms with E-state index >= 15 is 0 Å². The molecule has 2 aromatic rings. The van der Waals surface area contributed by atoms with Crippen molar-refractivity contribution in [2.75, 3.05) is 42.6 Å². The van der Waals surface area contributed by atoms with Crippen molar-refractivity contribution in [1.82, 2.24) is 9.97 Å². The summed E-state index contributed by atoms with van der Waals surface area (Å²) in [4.78, 5) is 24.6. The number of ether oxygens (including phenoxy) is 1. The molecule has 0 bridgehead atoms. The molecule has 2 aliphatic heterocycles. The van der Waals surface area contributed by atoms with Crippen LogP contribution in [-0.2, 0) is 11.2 Å². The molecule has 2 amide bonds. The normalized spacial score (nSPS) is 16.8. The molecular weight excluding hydrogens is 322 g/mol. The lowest BCUT2D eigenvalue weighted by Crippen LogP contribution is -2.38. The highest BCUT2D eigenvalue weighted by Crippen LogP contribution is 2.36. The van der Waals surface area contributed by atoms with Crippen LogP contribution in [0.1, 0.15) is 5.56 Å². The van der Waals surface area contributed by atoms with Gasteiger partial charge in [-0.05, 0) is 18.6 Å². The number of hydrogen-bond donors (Lipinski definition) is 2. The number of fused-ring (bicyclic) bond motifs is 1. The Balaban J connectivity index is 1.86. The van der Waals surface area contributed by atoms with Gasteiger partial charge in [0.25, 0.3) is 0 Å². The first kappa shape index (κ1) is 15.6. The van der Waals surface area contributed by atoms with Crippen molar-refractivity contribution >= 4 is 17.8 Å². The Morgan fingerprint density at radius 3 is 2.72 bits per heavy atom. The smallest absolute Gasteiger partial charge is 0.320 e. The van der Waals surface area contributed by atoms with Gasteiger partial charge >= 0.3 is 6.03 Å². The third kappa shape index (κ3) is 2.85. The number of aromatic hydroxyl groups is 1. The Bertz CT molecular complexity index is 820. The van der Waals surface area contributed by atoms with Crippen molar-refractivity contribution in [3.05, 3.63) is 29.8 Å². The van der Waals surface area contributed by atoms with Crippen molar-refractivity contribution in [2.45, 2.75) is 6.42 Å². The molecule has 0 aliphatic carbocycles. The molecule has 0 atom stereocenters. The second kappa shape index (κ2) is 6.21. The third-order valence-corrected chi connectivity index (χ3v) is 4.49. The minimum absolute atomic E-state index is 0.169. The summed E-state index contributed by atoms with van der Waals surface area (Å²) < 4.78 is 5.39. The molecule has 1 aromatic heterocycles. The van der Waals surface area contributed by atoms with Crippen LogP contribution in [-0.4, -0.2) is 54.0 Å². The number of urea groups is 1. The summed E-state index contributed by atoms with van der Waals surface area (Å²) in [5.41, 5.74) is 7.90. The minimum atomic E-state index is -0.521. The lowest BCUT2D eigenvalue weighted by Gasteiger charge is -2.28. The van der Waals surface area contributed by atoms with E-state index in [0.717, 1.165) is 16.8 Å². The maximum Gasteiger partial charge on any atom is 0.320 e. The summed E-state index contributed by atoms with van der Waals surface area (Å²) in [6, 6.07) is 6.42. The fourth-order valence-corrected chi connectivity index (χ4v) is 3.25. The van der Waals surface area contributed by atoms with Gasteiger partial charge in [0.2, 0.25) is 5.95 Å². The molecule has 0 radical (unpaired) electrons. The first-order chi connectivity index (χ1) is 12.1. The molecule has 0 saturated carbocycles. The van der Waals surface area contributed by atoms with E-state index in [1.807, 2.05) is 11.0 Å². The van der Waals surface area contributed by atoms with Crippen molar-refractivity contribution in [3.8, 4) is 17.0 Å². The molecule has 130 valence electrons. The van der Waals surface area contributed by atoms with Crippen molar-refractivity contribution in [2.24, 2.45) is 5.73 Å². The minimum Gasteiger partial charge on any atom is -0.508 e. The second-order valence-corrected chi connectivity index (χ2v) is 6.06. The molecule has 8 nitrogen and oxygen atoms in total. The number of phenolic OH excluding ortho intramolecular Hbond substituents is 1. The quantitative estimate of drug-likeness (QED) is 0.848. The number of phenols is 1. The van der Waals surface area contributed by atoms with Gasteiger partial charge in [0.15, 0.2) is 0 Å². The Hall–Kier alpha value is -2.87. The molecule has 0 spiro atoms. The average molecular weight is 341 g/mol. The van der Waals surface area contributed by atoms with Crippen LogP contribution in [0.25, 0.3) is 11.3 Å². The molecule has 1 saturated heterocycles. The fraction of sp³-hybridized carbons (Fsp3) is 0.353. The Kier molecular flexibility index (Phi) is 3.89. The zero-order valence-corrected chi connectivity index (χ0v) is 13.7. The van der Waals surface area contributed by atoms with E-state index in [4.69, 9.17) is 15.5 Å². The number of benzene rings is 1. The van der Waals surface area contributed by atoms with Gasteiger partial charge in [-0.3, -0.25) is 4.90 Å². The van der Waals surface area contributed by atoms with Gasteiger partial charge in [0.05, 0.1) is 18.9 Å². The topological polar surface area (TPSA) is 105 Å². The SMILES string of the molecule is NC(=O)N1CCc2c(-c3cccc(O)c3)nc(N3CCOCC3)nc21. The number of nitrogens with zero attached hydrogens (tertiary/aromatic N) is 4. The standard InChI is InChI=1S/C17H19N5O3/c18-16(24)22-5-4-13-14(11-2-1-3-12(23)10-11)19-17(20-15(13)22)21-6-8-25-9-7-21/h1-3,10,23H,4-9H2,(H2,18,24). The average Bonchev–Trinajstić information content (AvgIpc) is 3.06. The number of rotatable bonds is 2. The van der Waals surface area contributed by atoms with Crippen LogP contribution in [0.5, 0.6) is 5.75 Å². The summed E-state index contributed by atoms with van der Waals surface area (Å²) in [6.45, 7) is 3.09. The van der Waals surface area contributed by atoms with Crippen LogP contribution in [0, 0.1) is 0 Å². The van der Waals surface area contributed by atoms with E-state index in [2.05, 4.69) is 4.98 Å². The molecule has 8 heteroatoms. The van der Waals surface area contributed by atoms with E-state index in [0.29, 0.717) is 51.0 Å². The number of aromatic nitrogens is 2. The van der Waals surface area contributed by atoms with Crippen LogP contribution in [0.15, 0.2) is 24.3 Å². The molecule has 3 heterocycles. The predicted molar refractivity (Wildman–Crippen MR) is 92.8 cm³/mol. The van der Waals surface area contributed by atoms with Crippen LogP contribution in [0.4, 0.5) is 16.6 Å². The number of carbonyl (C=O) groups excluding carboxylic acids is 1. The van der Waals surface area contributed by atoms with Crippen molar-refractivity contribution in [1.29, 1.82) is 0 Å². The molecular formula is C17H19N5O3. The first-order valence-corrected chi connectivity index (χ1v) is 8.23. The lowest BCUT2D eigenvalue weighted by atomic mass is 10.1. The molecule has 3 N–H and O–H groups in total. The Labute approximate surface area is 144 Å². The highest BCUT2D eigenvalue weighted by molar-refractivity contribution is 5.93. The van der Waals surface area contributed by atoms with Crippen molar-refractivity contribution in [3.63, 3.8) is 0 Å². The maximum absolute atomic E-state index is 11.8. The van der Waals surface area contributed by atoms with Crippen LogP contribution in [0.3, 0.4) is 0 Å². The number of anilines is 2. The summed E-state index contributed by atoms with van der Waals surface area (Å²) in [5.74, 6) is 1.28. The van der Waals surface area contributed by atoms with Crippen LogP contribution in [0.2, 0.25) is 0 Å². The molecule has 2 aliphatic rings. The van der Waals surface area contributed by atoms with Gasteiger partial charge in [-0.1, -0.05) is 12.1 Å². The number of morpholine rings is 1. The highest BCUT2D eigenvalue weighted by Gasteiger charge is 2.30. The van der Waals surface area contributed by atoms with Gasteiger partial charge in [-0.2, -0.15) is 4.98 Å². The molecule has 1 aromatic carbocycles. The van der Waals surface area contributed by atoms with Crippen LogP contribution < -0.4 is 15.5 Å². The zero-order chi connectivity index (χ0) is 17.4. The van der Waals surface area contributed by atoms with E-state index in [9.17, 15) is 9.90 Å². The van der Waals surface area contributed by atoms with Crippen molar-refractivity contribution < 1.29 is 14.6 Å². The summed E-state index contributed by atoms with van der Waals surface area (Å²) in [6.07, 6.45) is 0.632. The summed E-state index contributed by atoms with van der Waals surface area (Å²) in [7, 11) is 0. The van der Waals surface area contributed by atoms with E-state index in [1.165, 1.54) is 4.90 Å². The highest BCUT2D eigenvalue weighted by atomic mass is 16.5. The molecule has 0 unspecified atom stereocenters. The zero-order valence-electron chi connectivity index (χ0n) is 13.7. The number of nitrogens with two attached hydrogens (primary N) is 1. The Morgan fingerprint density at radius 1 is 1.20 bits per heavy atom. The van der Waals surface area contributed by atoms with Crippen LogP contribution >= 0.6 is 0 Å². The lowest BCUT2D eigenvalue weighted by molar-refractivity contribution is 0.122. The first-order valence-electron chi connectivity index (χ1n) is 8.23. The van der Waals surface area contributed by atoms with Gasteiger partial charge in [0, 0.05) is 30.8 Å². The molecule has 25 heavy (non-hydrogen) atoms. The number of hydrogen-bond acceptors (Lipinski definition) is 6. The van der Waals surface area contributed by atoms with E-state index in [-0.39, 0.29) is 5.75 Å². The van der Waals surface area contributed by atoms with Gasteiger partial charge in [0.1, 0.15) is 11.6 Å².